The number of fused-ring (bicyclic) bond motifs is 1. The topological polar surface area (TPSA) is 77.5 Å². The number of nitrogens with zero attached hydrogens (tertiary/aromatic N) is 3. The first kappa shape index (κ1) is 12.2. The summed E-state index contributed by atoms with van der Waals surface area (Å²) in [6.45, 7) is 2.55. The number of aromatic nitrogens is 3. The summed E-state index contributed by atoms with van der Waals surface area (Å²) in [7, 11) is 0. The van der Waals surface area contributed by atoms with Gasteiger partial charge in [0.2, 0.25) is 5.88 Å². The van der Waals surface area contributed by atoms with Crippen LogP contribution in [-0.4, -0.2) is 33.3 Å². The Morgan fingerprint density at radius 2 is 2.42 bits per heavy atom. The zero-order valence-corrected chi connectivity index (χ0v) is 11.0. The molecule has 6 nitrogen and oxygen atoms in total. The van der Waals surface area contributed by atoms with E-state index >= 15 is 0 Å². The van der Waals surface area contributed by atoms with Gasteiger partial charge in [-0.2, -0.15) is 14.6 Å². The van der Waals surface area contributed by atoms with Crippen LogP contribution in [0.2, 0.25) is 0 Å². The number of nitrogens with two attached hydrogens (primary N) is 1. The molecular weight excluding hydrogens is 242 g/mol. The van der Waals surface area contributed by atoms with E-state index in [0.717, 1.165) is 30.7 Å². The average Bonchev–Trinajstić information content (AvgIpc) is 2.99. The first-order chi connectivity index (χ1) is 9.26. The number of ether oxygens (including phenoxy) is 1. The van der Waals surface area contributed by atoms with Gasteiger partial charge in [0.15, 0.2) is 5.65 Å². The van der Waals surface area contributed by atoms with E-state index in [1.165, 1.54) is 0 Å². The Kier molecular flexibility index (Phi) is 3.25. The molecule has 3 N–H and O–H groups in total. The van der Waals surface area contributed by atoms with Crippen LogP contribution < -0.4 is 15.8 Å². The monoisotopic (exact) mass is 261 g/mol. The van der Waals surface area contributed by atoms with Crippen molar-refractivity contribution < 1.29 is 4.74 Å². The molecule has 19 heavy (non-hydrogen) atoms. The van der Waals surface area contributed by atoms with Crippen molar-refractivity contribution in [1.82, 2.24) is 14.6 Å². The fourth-order valence-corrected chi connectivity index (χ4v) is 2.57. The van der Waals surface area contributed by atoms with Crippen molar-refractivity contribution >= 4 is 11.5 Å². The van der Waals surface area contributed by atoms with Crippen molar-refractivity contribution in [2.75, 3.05) is 11.9 Å². The van der Waals surface area contributed by atoms with Gasteiger partial charge in [0.1, 0.15) is 5.82 Å². The molecule has 0 aromatic carbocycles. The Morgan fingerprint density at radius 1 is 1.53 bits per heavy atom. The van der Waals surface area contributed by atoms with Gasteiger partial charge in [0.25, 0.3) is 0 Å². The average molecular weight is 261 g/mol. The molecular formula is C13H19N5O. The van der Waals surface area contributed by atoms with Gasteiger partial charge in [-0.05, 0) is 26.2 Å². The van der Waals surface area contributed by atoms with Gasteiger partial charge in [-0.25, -0.2) is 0 Å². The van der Waals surface area contributed by atoms with E-state index in [9.17, 15) is 0 Å². The molecule has 1 fully saturated rings. The van der Waals surface area contributed by atoms with Crippen molar-refractivity contribution in [3.63, 3.8) is 0 Å². The highest BCUT2D eigenvalue weighted by Gasteiger charge is 2.22. The Morgan fingerprint density at radius 3 is 3.16 bits per heavy atom. The first-order valence-corrected chi connectivity index (χ1v) is 6.76. The Labute approximate surface area is 112 Å². The van der Waals surface area contributed by atoms with Gasteiger partial charge < -0.3 is 15.8 Å². The predicted molar refractivity (Wildman–Crippen MR) is 73.4 cm³/mol. The van der Waals surface area contributed by atoms with E-state index in [4.69, 9.17) is 10.5 Å². The normalized spacial score (nSPS) is 22.8. The quantitative estimate of drug-likeness (QED) is 0.870. The van der Waals surface area contributed by atoms with E-state index in [-0.39, 0.29) is 0 Å². The van der Waals surface area contributed by atoms with Crippen molar-refractivity contribution in [2.24, 2.45) is 5.73 Å². The molecule has 1 aliphatic rings. The van der Waals surface area contributed by atoms with Crippen LogP contribution in [0.1, 0.15) is 26.2 Å². The minimum absolute atomic E-state index is 0.304. The molecule has 2 aromatic heterocycles. The summed E-state index contributed by atoms with van der Waals surface area (Å²) in [5, 5.41) is 7.79. The van der Waals surface area contributed by atoms with Gasteiger partial charge in [-0.1, -0.05) is 0 Å². The molecule has 2 atom stereocenters. The van der Waals surface area contributed by atoms with Gasteiger partial charge in [-0.3, -0.25) is 0 Å². The number of rotatable bonds is 4. The number of hydrogen-bond acceptors (Lipinski definition) is 5. The smallest absolute Gasteiger partial charge is 0.219 e. The highest BCUT2D eigenvalue weighted by molar-refractivity contribution is 5.51. The van der Waals surface area contributed by atoms with Crippen molar-refractivity contribution in [3.8, 4) is 5.88 Å². The third-order valence-corrected chi connectivity index (χ3v) is 3.45. The molecule has 0 spiro atoms. The van der Waals surface area contributed by atoms with Gasteiger partial charge in [0, 0.05) is 24.2 Å². The summed E-state index contributed by atoms with van der Waals surface area (Å²) in [6.07, 6.45) is 4.90. The summed E-state index contributed by atoms with van der Waals surface area (Å²) >= 11 is 0. The second-order valence-electron chi connectivity index (χ2n) is 4.93. The molecule has 2 aromatic rings. The van der Waals surface area contributed by atoms with Crippen LogP contribution in [0.5, 0.6) is 5.88 Å². The molecule has 0 radical (unpaired) electrons. The minimum atomic E-state index is 0.304. The molecule has 0 amide bonds. The standard InChI is InChI=1S/C13H19N5O/c1-2-19-13-8-12(16-10-4-3-9(14)7-10)18-11(17-13)5-6-15-18/h5-6,8-10,16H,2-4,7,14H2,1H3/t9-,10-/m0/s1. The number of nitrogens with one attached hydrogen (secondary N) is 1. The third kappa shape index (κ3) is 2.49. The molecule has 0 bridgehead atoms. The lowest BCUT2D eigenvalue weighted by Gasteiger charge is -2.15. The van der Waals surface area contributed by atoms with Crippen LogP contribution in [0.25, 0.3) is 5.65 Å². The lowest BCUT2D eigenvalue weighted by molar-refractivity contribution is 0.327. The summed E-state index contributed by atoms with van der Waals surface area (Å²) in [5.41, 5.74) is 6.74. The number of hydrogen-bond donors (Lipinski definition) is 2. The maximum atomic E-state index is 5.95. The molecule has 0 unspecified atom stereocenters. The van der Waals surface area contributed by atoms with Gasteiger partial charge in [-0.15, -0.1) is 0 Å². The fraction of sp³-hybridized carbons (Fsp3) is 0.538. The second kappa shape index (κ2) is 5.05. The number of anilines is 1. The second-order valence-corrected chi connectivity index (χ2v) is 4.93. The molecule has 1 saturated carbocycles. The van der Waals surface area contributed by atoms with Crippen LogP contribution in [0.4, 0.5) is 5.82 Å². The molecule has 102 valence electrons. The van der Waals surface area contributed by atoms with Crippen LogP contribution in [0.3, 0.4) is 0 Å². The molecule has 1 aliphatic carbocycles. The lowest BCUT2D eigenvalue weighted by atomic mass is 10.2. The molecule has 0 saturated heterocycles. The summed E-state index contributed by atoms with van der Waals surface area (Å²) < 4.78 is 7.29. The van der Waals surface area contributed by atoms with E-state index in [2.05, 4.69) is 15.4 Å². The van der Waals surface area contributed by atoms with Crippen LogP contribution >= 0.6 is 0 Å². The summed E-state index contributed by atoms with van der Waals surface area (Å²) in [5.74, 6) is 1.54. The van der Waals surface area contributed by atoms with Crippen molar-refractivity contribution in [2.45, 2.75) is 38.3 Å². The van der Waals surface area contributed by atoms with E-state index in [1.807, 2.05) is 19.1 Å². The summed E-state index contributed by atoms with van der Waals surface area (Å²) in [6, 6.07) is 4.47. The molecule has 2 heterocycles. The van der Waals surface area contributed by atoms with E-state index in [0.29, 0.717) is 24.6 Å². The Balaban J connectivity index is 1.89. The van der Waals surface area contributed by atoms with Crippen molar-refractivity contribution in [3.05, 3.63) is 18.3 Å². The Hall–Kier alpha value is -1.82. The Bertz CT molecular complexity index is 567. The van der Waals surface area contributed by atoms with Gasteiger partial charge >= 0.3 is 0 Å². The van der Waals surface area contributed by atoms with Crippen molar-refractivity contribution in [1.29, 1.82) is 0 Å². The third-order valence-electron chi connectivity index (χ3n) is 3.45. The molecule has 0 aliphatic heterocycles. The SMILES string of the molecule is CCOc1cc(N[C@H]2CC[C@H](N)C2)n2nccc2n1. The zero-order valence-electron chi connectivity index (χ0n) is 11.0. The minimum Gasteiger partial charge on any atom is -0.478 e. The highest BCUT2D eigenvalue weighted by atomic mass is 16.5. The first-order valence-electron chi connectivity index (χ1n) is 6.76. The molecule has 3 rings (SSSR count). The predicted octanol–water partition coefficient (Wildman–Crippen LogP) is 1.42. The van der Waals surface area contributed by atoms with Gasteiger partial charge in [0.05, 0.1) is 12.8 Å². The van der Waals surface area contributed by atoms with E-state index in [1.54, 1.807) is 10.7 Å². The largest absolute Gasteiger partial charge is 0.478 e. The maximum Gasteiger partial charge on any atom is 0.219 e. The summed E-state index contributed by atoms with van der Waals surface area (Å²) in [4.78, 5) is 4.39. The molecule has 6 heteroatoms. The van der Waals surface area contributed by atoms with E-state index < -0.39 is 0 Å². The van der Waals surface area contributed by atoms with Crippen LogP contribution in [0, 0.1) is 0 Å². The highest BCUT2D eigenvalue weighted by Crippen LogP contribution is 2.24. The lowest BCUT2D eigenvalue weighted by Crippen LogP contribution is -2.22. The van der Waals surface area contributed by atoms with Crippen LogP contribution in [-0.2, 0) is 0 Å². The van der Waals surface area contributed by atoms with Crippen LogP contribution in [0.15, 0.2) is 18.3 Å². The fourth-order valence-electron chi connectivity index (χ4n) is 2.57. The zero-order chi connectivity index (χ0) is 13.2. The maximum absolute atomic E-state index is 5.95.